The molecule has 0 aliphatic heterocycles. The monoisotopic (exact) mass is 265 g/mol. The molecule has 2 rings (SSSR count). The molecule has 104 valence electrons. The van der Waals surface area contributed by atoms with Crippen molar-refractivity contribution in [2.75, 3.05) is 19.0 Å². The number of rotatable bonds is 4. The molecule has 0 aromatic carbocycles. The maximum Gasteiger partial charge on any atom is 0.376 e. The maximum atomic E-state index is 11.5. The summed E-state index contributed by atoms with van der Waals surface area (Å²) in [5.41, 5.74) is 0.705. The average molecular weight is 265 g/mol. The van der Waals surface area contributed by atoms with Gasteiger partial charge in [-0.1, -0.05) is 6.42 Å². The number of nitrogens with zero attached hydrogens (tertiary/aromatic N) is 2. The van der Waals surface area contributed by atoms with Crippen LogP contribution < -0.4 is 5.32 Å². The minimum Gasteiger partial charge on any atom is -0.463 e. The molecule has 0 bridgehead atoms. The topological polar surface area (TPSA) is 84.3 Å². The number of ether oxygens (including phenoxy) is 1. The number of carbonyl (C=O) groups is 1. The Balaban J connectivity index is 2.16. The van der Waals surface area contributed by atoms with Gasteiger partial charge in [0.2, 0.25) is 5.82 Å². The lowest BCUT2D eigenvalue weighted by atomic mass is 10.1. The highest BCUT2D eigenvalue weighted by atomic mass is 16.5. The van der Waals surface area contributed by atoms with Gasteiger partial charge in [-0.05, 0) is 19.8 Å². The van der Waals surface area contributed by atoms with Crippen LogP contribution in [0.15, 0.2) is 6.07 Å². The van der Waals surface area contributed by atoms with Gasteiger partial charge in [-0.25, -0.2) is 14.8 Å². The van der Waals surface area contributed by atoms with E-state index >= 15 is 0 Å². The molecule has 2 unspecified atom stereocenters. The number of aliphatic hydroxyl groups excluding tert-OH is 1. The summed E-state index contributed by atoms with van der Waals surface area (Å²) in [6, 6.07) is 1.99. The molecule has 1 aliphatic rings. The number of methoxy groups -OCH3 is 1. The molecular weight excluding hydrogens is 246 g/mol. The number of hydrogen-bond donors (Lipinski definition) is 2. The molecule has 0 radical (unpaired) electrons. The van der Waals surface area contributed by atoms with Crippen molar-refractivity contribution in [1.29, 1.82) is 0 Å². The second kappa shape index (κ2) is 5.97. The lowest BCUT2D eigenvalue weighted by Gasteiger charge is -2.19. The summed E-state index contributed by atoms with van der Waals surface area (Å²) in [6.45, 7) is 1.98. The maximum absolute atomic E-state index is 11.5. The van der Waals surface area contributed by atoms with Crippen molar-refractivity contribution in [1.82, 2.24) is 9.97 Å². The van der Waals surface area contributed by atoms with E-state index in [2.05, 4.69) is 20.0 Å². The van der Waals surface area contributed by atoms with E-state index in [-0.39, 0.29) is 24.4 Å². The van der Waals surface area contributed by atoms with E-state index in [0.717, 1.165) is 19.3 Å². The molecule has 6 heteroatoms. The first-order valence-corrected chi connectivity index (χ1v) is 6.45. The molecule has 0 saturated heterocycles. The zero-order valence-corrected chi connectivity index (χ0v) is 11.2. The fraction of sp³-hybridized carbons (Fsp3) is 0.615. The Kier molecular flexibility index (Phi) is 4.31. The molecule has 1 aromatic heterocycles. The minimum atomic E-state index is -0.545. The predicted molar refractivity (Wildman–Crippen MR) is 69.9 cm³/mol. The molecule has 2 N–H and O–H groups in total. The smallest absolute Gasteiger partial charge is 0.376 e. The summed E-state index contributed by atoms with van der Waals surface area (Å²) >= 11 is 0. The van der Waals surface area contributed by atoms with Crippen LogP contribution in [0, 0.1) is 12.8 Å². The van der Waals surface area contributed by atoms with E-state index in [1.54, 1.807) is 13.0 Å². The highest BCUT2D eigenvalue weighted by molar-refractivity contribution is 5.85. The Morgan fingerprint density at radius 1 is 1.53 bits per heavy atom. The van der Waals surface area contributed by atoms with Crippen LogP contribution in [0.2, 0.25) is 0 Å². The molecule has 2 atom stereocenters. The van der Waals surface area contributed by atoms with Crippen molar-refractivity contribution in [2.24, 2.45) is 5.92 Å². The van der Waals surface area contributed by atoms with Gasteiger partial charge in [0, 0.05) is 30.3 Å². The van der Waals surface area contributed by atoms with Crippen LogP contribution >= 0.6 is 0 Å². The third-order valence-electron chi connectivity index (χ3n) is 3.45. The fourth-order valence-corrected chi connectivity index (χ4v) is 2.46. The molecule has 6 nitrogen and oxygen atoms in total. The van der Waals surface area contributed by atoms with Gasteiger partial charge in [0.15, 0.2) is 0 Å². The van der Waals surface area contributed by atoms with Crippen molar-refractivity contribution in [2.45, 2.75) is 32.2 Å². The summed E-state index contributed by atoms with van der Waals surface area (Å²) < 4.78 is 4.63. The number of hydrogen-bond acceptors (Lipinski definition) is 6. The number of aromatic nitrogens is 2. The predicted octanol–water partition coefficient (Wildman–Crippen LogP) is 1.14. The number of anilines is 1. The standard InChI is InChI=1S/C13H19N3O3/c1-8-6-11(16-12(14-8)13(18)19-2)15-10-5-3-4-9(10)7-17/h6,9-10,17H,3-5,7H2,1-2H3,(H,14,15,16). The third kappa shape index (κ3) is 3.20. The molecular formula is C13H19N3O3. The lowest BCUT2D eigenvalue weighted by Crippen LogP contribution is -2.27. The first-order valence-electron chi connectivity index (χ1n) is 6.45. The minimum absolute atomic E-state index is 0.0588. The van der Waals surface area contributed by atoms with Gasteiger partial charge in [0.05, 0.1) is 7.11 Å². The van der Waals surface area contributed by atoms with E-state index in [1.165, 1.54) is 7.11 Å². The zero-order chi connectivity index (χ0) is 13.8. The van der Waals surface area contributed by atoms with Crippen molar-refractivity contribution < 1.29 is 14.6 Å². The second-order valence-electron chi connectivity index (χ2n) is 4.83. The Bertz CT molecular complexity index is 464. The summed E-state index contributed by atoms with van der Waals surface area (Å²) in [7, 11) is 1.31. The van der Waals surface area contributed by atoms with Crippen LogP contribution in [0.25, 0.3) is 0 Å². The Hall–Kier alpha value is -1.69. The third-order valence-corrected chi connectivity index (χ3v) is 3.45. The van der Waals surface area contributed by atoms with Crippen molar-refractivity contribution in [3.05, 3.63) is 17.6 Å². The molecule has 0 spiro atoms. The van der Waals surface area contributed by atoms with Crippen LogP contribution in [0.3, 0.4) is 0 Å². The van der Waals surface area contributed by atoms with Crippen molar-refractivity contribution in [3.63, 3.8) is 0 Å². The summed E-state index contributed by atoms with van der Waals surface area (Å²) in [5, 5.41) is 12.6. The van der Waals surface area contributed by atoms with Gasteiger partial charge in [0.1, 0.15) is 5.82 Å². The summed E-state index contributed by atoms with van der Waals surface area (Å²) in [4.78, 5) is 19.7. The fourth-order valence-electron chi connectivity index (χ4n) is 2.46. The van der Waals surface area contributed by atoms with Crippen LogP contribution in [0.1, 0.15) is 35.6 Å². The van der Waals surface area contributed by atoms with Gasteiger partial charge in [0.25, 0.3) is 0 Å². The number of nitrogens with one attached hydrogen (secondary N) is 1. The van der Waals surface area contributed by atoms with Gasteiger partial charge in [-0.2, -0.15) is 0 Å². The lowest BCUT2D eigenvalue weighted by molar-refractivity contribution is 0.0586. The highest BCUT2D eigenvalue weighted by Crippen LogP contribution is 2.27. The molecule has 1 saturated carbocycles. The van der Waals surface area contributed by atoms with Crippen LogP contribution in [-0.4, -0.2) is 40.8 Å². The first-order chi connectivity index (χ1) is 9.13. The van der Waals surface area contributed by atoms with Gasteiger partial charge < -0.3 is 15.2 Å². The molecule has 1 heterocycles. The van der Waals surface area contributed by atoms with Crippen LogP contribution in [0.5, 0.6) is 0 Å². The van der Waals surface area contributed by atoms with Gasteiger partial charge in [-0.3, -0.25) is 0 Å². The number of aryl methyl sites for hydroxylation is 1. The normalized spacial score (nSPS) is 22.3. The molecule has 1 fully saturated rings. The van der Waals surface area contributed by atoms with E-state index in [4.69, 9.17) is 0 Å². The van der Waals surface area contributed by atoms with Crippen LogP contribution in [-0.2, 0) is 4.74 Å². The SMILES string of the molecule is COC(=O)c1nc(C)cc(NC2CCCC2CO)n1. The average Bonchev–Trinajstić information content (AvgIpc) is 2.84. The van der Waals surface area contributed by atoms with Crippen LogP contribution in [0.4, 0.5) is 5.82 Å². The van der Waals surface area contributed by atoms with Crippen molar-refractivity contribution in [3.8, 4) is 0 Å². The van der Waals surface area contributed by atoms with E-state index in [0.29, 0.717) is 11.5 Å². The Labute approximate surface area is 112 Å². The van der Waals surface area contributed by atoms with Gasteiger partial charge in [-0.15, -0.1) is 0 Å². The van der Waals surface area contributed by atoms with E-state index in [9.17, 15) is 9.90 Å². The summed E-state index contributed by atoms with van der Waals surface area (Å²) in [5.74, 6) is 0.371. The van der Waals surface area contributed by atoms with Crippen molar-refractivity contribution >= 4 is 11.8 Å². The highest BCUT2D eigenvalue weighted by Gasteiger charge is 2.27. The van der Waals surface area contributed by atoms with Gasteiger partial charge >= 0.3 is 5.97 Å². The molecule has 19 heavy (non-hydrogen) atoms. The first kappa shape index (κ1) is 13.7. The number of esters is 1. The Morgan fingerprint density at radius 2 is 2.32 bits per heavy atom. The van der Waals surface area contributed by atoms with E-state index < -0.39 is 5.97 Å². The Morgan fingerprint density at radius 3 is 3.00 bits per heavy atom. The molecule has 1 aromatic rings. The second-order valence-corrected chi connectivity index (χ2v) is 4.83. The zero-order valence-electron chi connectivity index (χ0n) is 11.2. The van der Waals surface area contributed by atoms with E-state index in [1.807, 2.05) is 0 Å². The number of carbonyl (C=O) groups excluding carboxylic acids is 1. The largest absolute Gasteiger partial charge is 0.463 e. The quantitative estimate of drug-likeness (QED) is 0.794. The number of aliphatic hydroxyl groups is 1. The molecule has 1 aliphatic carbocycles. The molecule has 0 amide bonds. The summed E-state index contributed by atoms with van der Waals surface area (Å²) in [6.07, 6.45) is 3.11.